The lowest BCUT2D eigenvalue weighted by Crippen LogP contribution is -2.46. The number of rotatable bonds is 8. The Morgan fingerprint density at radius 1 is 1.08 bits per heavy atom. The number of nitrogens with zero attached hydrogens (tertiary/aromatic N) is 1. The molecule has 2 aromatic rings. The number of carbonyl (C=O) groups excluding carboxylic acids is 1. The molecule has 6 heteroatoms. The molecule has 0 spiro atoms. The minimum absolute atomic E-state index is 0.0903. The van der Waals surface area contributed by atoms with Gasteiger partial charge >= 0.3 is 5.97 Å². The van der Waals surface area contributed by atoms with Crippen LogP contribution in [-0.4, -0.2) is 32.7 Å². The Kier molecular flexibility index (Phi) is 7.00. The van der Waals surface area contributed by atoms with Gasteiger partial charge in [-0.3, -0.25) is 9.59 Å². The van der Waals surface area contributed by atoms with E-state index in [1.54, 1.807) is 0 Å². The van der Waals surface area contributed by atoms with Gasteiger partial charge in [-0.15, -0.1) is 0 Å². The van der Waals surface area contributed by atoms with Crippen molar-refractivity contribution < 1.29 is 19.8 Å². The summed E-state index contributed by atoms with van der Waals surface area (Å²) in [4.78, 5) is 24.9. The molecule has 5 rings (SSSR count). The highest BCUT2D eigenvalue weighted by atomic mass is 16.4. The van der Waals surface area contributed by atoms with Crippen molar-refractivity contribution in [2.45, 2.75) is 116 Å². The first-order valence-corrected chi connectivity index (χ1v) is 14.5. The molecule has 1 heterocycles. The predicted molar refractivity (Wildman–Crippen MR) is 149 cm³/mol. The average molecular weight is 521 g/mol. The van der Waals surface area contributed by atoms with Crippen molar-refractivity contribution in [2.75, 3.05) is 0 Å². The van der Waals surface area contributed by atoms with Crippen molar-refractivity contribution in [1.29, 1.82) is 0 Å². The number of aliphatic hydroxyl groups is 1. The van der Waals surface area contributed by atoms with Gasteiger partial charge in [-0.1, -0.05) is 45.1 Å². The van der Waals surface area contributed by atoms with E-state index in [-0.39, 0.29) is 23.3 Å². The van der Waals surface area contributed by atoms with Gasteiger partial charge in [0.15, 0.2) is 0 Å². The fraction of sp³-hybridized carbons (Fsp3) is 0.625. The molecule has 0 unspecified atom stereocenters. The molecule has 38 heavy (non-hydrogen) atoms. The summed E-state index contributed by atoms with van der Waals surface area (Å²) in [5, 5.41) is 23.4. The van der Waals surface area contributed by atoms with E-state index >= 15 is 0 Å². The van der Waals surface area contributed by atoms with Crippen LogP contribution in [0.1, 0.15) is 117 Å². The van der Waals surface area contributed by atoms with E-state index in [2.05, 4.69) is 41.9 Å². The molecule has 206 valence electrons. The molecule has 0 radical (unpaired) electrons. The summed E-state index contributed by atoms with van der Waals surface area (Å²) in [6.45, 7) is 10.1. The van der Waals surface area contributed by atoms with Crippen LogP contribution in [0, 0.1) is 25.7 Å². The van der Waals surface area contributed by atoms with Crippen LogP contribution in [0.5, 0.6) is 0 Å². The number of carboxylic acids is 1. The number of amides is 1. The zero-order valence-corrected chi connectivity index (χ0v) is 23.7. The summed E-state index contributed by atoms with van der Waals surface area (Å²) >= 11 is 0. The topological polar surface area (TPSA) is 91.6 Å². The minimum atomic E-state index is -0.971. The van der Waals surface area contributed by atoms with Crippen LogP contribution in [0.2, 0.25) is 0 Å². The highest BCUT2D eigenvalue weighted by Crippen LogP contribution is 2.49. The quantitative estimate of drug-likeness (QED) is 0.393. The Hall–Kier alpha value is -2.60. The molecule has 3 aliphatic rings. The Morgan fingerprint density at radius 3 is 2.32 bits per heavy atom. The molecule has 0 saturated heterocycles. The molecular formula is C32H44N2O4. The van der Waals surface area contributed by atoms with Crippen LogP contribution in [0.15, 0.2) is 18.2 Å². The first-order valence-electron chi connectivity index (χ1n) is 14.5. The van der Waals surface area contributed by atoms with Gasteiger partial charge in [0.1, 0.15) is 0 Å². The minimum Gasteiger partial charge on any atom is -0.481 e. The molecule has 1 aromatic heterocycles. The van der Waals surface area contributed by atoms with Crippen molar-refractivity contribution in [2.24, 2.45) is 11.8 Å². The molecule has 3 fully saturated rings. The first kappa shape index (κ1) is 27.0. The third-order valence-corrected chi connectivity index (χ3v) is 9.61. The molecule has 6 nitrogen and oxygen atoms in total. The molecule has 3 aliphatic carbocycles. The lowest BCUT2D eigenvalue weighted by atomic mass is 9.80. The Labute approximate surface area is 226 Å². The number of carbonyl (C=O) groups is 2. The van der Waals surface area contributed by atoms with E-state index in [1.807, 2.05) is 20.8 Å². The molecule has 1 aromatic carbocycles. The number of hydrogen-bond donors (Lipinski definition) is 3. The summed E-state index contributed by atoms with van der Waals surface area (Å²) in [6.07, 6.45) is 10.5. The third kappa shape index (κ3) is 5.16. The second-order valence-corrected chi connectivity index (χ2v) is 13.1. The monoisotopic (exact) mass is 520 g/mol. The Morgan fingerprint density at radius 2 is 1.74 bits per heavy atom. The van der Waals surface area contributed by atoms with E-state index < -0.39 is 11.6 Å². The maximum absolute atomic E-state index is 13.6. The summed E-state index contributed by atoms with van der Waals surface area (Å²) < 4.78 is 2.28. The SMILES string of the molecule is Cc1c(C(=O)N[C@H]2C[C@H](C(=O)O)C2)c(C)n(-c2cc(C(C)(C)O)cc(C3(C)CC3)c2)c1CC1CCCCC1. The van der Waals surface area contributed by atoms with E-state index in [9.17, 15) is 19.8 Å². The van der Waals surface area contributed by atoms with E-state index in [4.69, 9.17) is 0 Å². The van der Waals surface area contributed by atoms with Gasteiger partial charge in [0.25, 0.3) is 5.91 Å². The summed E-state index contributed by atoms with van der Waals surface area (Å²) in [7, 11) is 0. The molecule has 3 N–H and O–H groups in total. The number of benzene rings is 1. The van der Waals surface area contributed by atoms with Crippen LogP contribution >= 0.6 is 0 Å². The predicted octanol–water partition coefficient (Wildman–Crippen LogP) is 6.09. The van der Waals surface area contributed by atoms with Gasteiger partial charge in [0, 0.05) is 23.1 Å². The van der Waals surface area contributed by atoms with Gasteiger partial charge in [0.05, 0.1) is 17.1 Å². The van der Waals surface area contributed by atoms with Crippen molar-refractivity contribution in [3.05, 3.63) is 51.8 Å². The summed E-state index contributed by atoms with van der Waals surface area (Å²) in [5.41, 5.74) is 6.18. The third-order valence-electron chi connectivity index (χ3n) is 9.61. The summed E-state index contributed by atoms with van der Waals surface area (Å²) in [6, 6.07) is 6.43. The number of aromatic nitrogens is 1. The maximum atomic E-state index is 13.6. The molecule has 0 aliphatic heterocycles. The standard InChI is InChI=1S/C32H44N2O4/c1-19-27(13-21-9-7-6-8-10-21)34(20(2)28(19)29(35)33-25-14-22(15-25)30(36)37)26-17-23(31(3,4)38)16-24(18-26)32(5)11-12-32/h16-18,21-22,25,38H,6-15H2,1-5H3,(H,33,35)(H,36,37)/t22-,25-. The van der Waals surface area contributed by atoms with Crippen LogP contribution in [-0.2, 0) is 22.2 Å². The van der Waals surface area contributed by atoms with E-state index in [0.717, 1.165) is 41.8 Å². The molecule has 0 bridgehead atoms. The highest BCUT2D eigenvalue weighted by molar-refractivity contribution is 5.98. The van der Waals surface area contributed by atoms with Gasteiger partial charge < -0.3 is 20.1 Å². The van der Waals surface area contributed by atoms with Crippen molar-refractivity contribution >= 4 is 11.9 Å². The van der Waals surface area contributed by atoms with E-state index in [1.165, 1.54) is 43.4 Å². The van der Waals surface area contributed by atoms with Gasteiger partial charge in [0.2, 0.25) is 0 Å². The number of hydrogen-bond acceptors (Lipinski definition) is 3. The summed E-state index contributed by atoms with van der Waals surface area (Å²) in [5.74, 6) is -0.644. The maximum Gasteiger partial charge on any atom is 0.306 e. The Balaban J connectivity index is 1.57. The van der Waals surface area contributed by atoms with Crippen LogP contribution in [0.25, 0.3) is 5.69 Å². The smallest absolute Gasteiger partial charge is 0.306 e. The number of carboxylic acid groups (broad SMARTS) is 1. The highest BCUT2D eigenvalue weighted by Gasteiger charge is 2.40. The lowest BCUT2D eigenvalue weighted by molar-refractivity contribution is -0.145. The second kappa shape index (κ2) is 9.86. The van der Waals surface area contributed by atoms with Crippen molar-refractivity contribution in [1.82, 2.24) is 9.88 Å². The first-order chi connectivity index (χ1) is 17.9. The number of nitrogens with one attached hydrogen (secondary N) is 1. The fourth-order valence-electron chi connectivity index (χ4n) is 6.60. The largest absolute Gasteiger partial charge is 0.481 e. The van der Waals surface area contributed by atoms with Gasteiger partial charge in [-0.25, -0.2) is 0 Å². The molecule has 1 amide bonds. The van der Waals surface area contributed by atoms with Crippen molar-refractivity contribution in [3.8, 4) is 5.69 Å². The lowest BCUT2D eigenvalue weighted by Gasteiger charge is -2.32. The van der Waals surface area contributed by atoms with Gasteiger partial charge in [-0.2, -0.15) is 0 Å². The molecular weight excluding hydrogens is 476 g/mol. The van der Waals surface area contributed by atoms with Crippen LogP contribution in [0.3, 0.4) is 0 Å². The van der Waals surface area contributed by atoms with Crippen LogP contribution in [0.4, 0.5) is 0 Å². The number of aliphatic carboxylic acids is 1. The second-order valence-electron chi connectivity index (χ2n) is 13.1. The van der Waals surface area contributed by atoms with Crippen LogP contribution < -0.4 is 5.32 Å². The fourth-order valence-corrected chi connectivity index (χ4v) is 6.60. The van der Waals surface area contributed by atoms with Gasteiger partial charge in [-0.05, 0) is 100.0 Å². The van der Waals surface area contributed by atoms with E-state index in [0.29, 0.717) is 24.3 Å². The molecule has 3 saturated carbocycles. The average Bonchev–Trinajstić information content (AvgIpc) is 3.53. The zero-order valence-electron chi connectivity index (χ0n) is 23.7. The zero-order chi connectivity index (χ0) is 27.4. The Bertz CT molecular complexity index is 1210. The van der Waals surface area contributed by atoms with Crippen molar-refractivity contribution in [3.63, 3.8) is 0 Å². The normalized spacial score (nSPS) is 23.1. The molecule has 0 atom stereocenters.